The maximum atomic E-state index is 12.4. The Kier molecular flexibility index (Phi) is 9.34. The first-order valence-corrected chi connectivity index (χ1v) is 10.2. The molecular weight excluding hydrogens is 482 g/mol. The van der Waals surface area contributed by atoms with Crippen LogP contribution in [0.4, 0.5) is 5.69 Å². The van der Waals surface area contributed by atoms with Crippen molar-refractivity contribution in [3.63, 3.8) is 0 Å². The molecule has 0 atom stereocenters. The zero-order valence-electron chi connectivity index (χ0n) is 17.7. The van der Waals surface area contributed by atoms with Crippen LogP contribution in [0.2, 0.25) is 0 Å². The van der Waals surface area contributed by atoms with Crippen LogP contribution in [0.15, 0.2) is 48.5 Å². The fraction of sp³-hybridized carbons (Fsp3) is 0.391. The van der Waals surface area contributed by atoms with Crippen LogP contribution >= 0.6 is 29.4 Å². The molecule has 6 nitrogen and oxygen atoms in total. The lowest BCUT2D eigenvalue weighted by Gasteiger charge is -2.36. The molecule has 0 aromatic heterocycles. The van der Waals surface area contributed by atoms with Gasteiger partial charge in [-0.1, -0.05) is 24.3 Å². The van der Waals surface area contributed by atoms with E-state index in [0.29, 0.717) is 17.7 Å². The highest BCUT2D eigenvalue weighted by Crippen LogP contribution is 2.28. The molecule has 2 aromatic carbocycles. The largest absolute Gasteiger partial charge is 0.495 e. The highest BCUT2D eigenvalue weighted by molar-refractivity contribution is 8.93. The smallest absolute Gasteiger partial charge is 0.261 e. The number of piperazine rings is 1. The molecule has 31 heavy (non-hydrogen) atoms. The number of carbonyl (C=O) groups excluding carboxylic acids is 2. The number of carbonyl (C=O) groups is 2. The van der Waals surface area contributed by atoms with Gasteiger partial charge in [0.25, 0.3) is 11.8 Å². The number of anilines is 1. The lowest BCUT2D eigenvalue weighted by Crippen LogP contribution is -2.46. The first kappa shape index (κ1) is 25.2. The van der Waals surface area contributed by atoms with Crippen molar-refractivity contribution >= 4 is 46.9 Å². The molecule has 0 unspecified atom stereocenters. The van der Waals surface area contributed by atoms with Gasteiger partial charge in [0.2, 0.25) is 0 Å². The molecule has 2 aliphatic rings. The predicted molar refractivity (Wildman–Crippen MR) is 130 cm³/mol. The molecule has 2 heterocycles. The first-order chi connectivity index (χ1) is 14.2. The molecule has 2 amide bonds. The quantitative estimate of drug-likeness (QED) is 0.418. The molecule has 8 heteroatoms. The second-order valence-electron chi connectivity index (χ2n) is 7.52. The second kappa shape index (κ2) is 11.5. The number of imide groups is 1. The number of unbranched alkanes of at least 4 members (excludes halogenated alkanes) is 1. The molecule has 1 fully saturated rings. The Balaban J connectivity index is 0.00000171. The van der Waals surface area contributed by atoms with Crippen LogP contribution in [0.25, 0.3) is 0 Å². The number of fused-ring (bicyclic) bond motifs is 1. The normalized spacial score (nSPS) is 15.9. The van der Waals surface area contributed by atoms with Gasteiger partial charge in [-0.3, -0.25) is 19.4 Å². The van der Waals surface area contributed by atoms with Crippen molar-refractivity contribution in [3.05, 3.63) is 59.7 Å². The standard InChI is InChI=1S/C23H27N3O3.BrH.ClH/c1-29-21-11-5-4-10-20(21)25-16-14-24(15-17-25)12-6-7-13-26-22(27)18-8-2-3-9-19(18)23(26)28;;/h2-5,8-11H,6-7,12-17H2,1H3;2*1H. The minimum atomic E-state index is -0.156. The summed E-state index contributed by atoms with van der Waals surface area (Å²) in [5.74, 6) is 0.605. The third-order valence-corrected chi connectivity index (χ3v) is 5.78. The summed E-state index contributed by atoms with van der Waals surface area (Å²) in [7, 11) is 1.71. The molecule has 2 aliphatic heterocycles. The number of halogens is 2. The third-order valence-electron chi connectivity index (χ3n) is 5.78. The van der Waals surface area contributed by atoms with Crippen molar-refractivity contribution in [1.29, 1.82) is 0 Å². The van der Waals surface area contributed by atoms with E-state index in [0.717, 1.165) is 57.0 Å². The Morgan fingerprint density at radius 2 is 1.35 bits per heavy atom. The van der Waals surface area contributed by atoms with E-state index in [4.69, 9.17) is 4.74 Å². The summed E-state index contributed by atoms with van der Waals surface area (Å²) in [5, 5.41) is 0. The molecular formula is C23H29BrClN3O3. The summed E-state index contributed by atoms with van der Waals surface area (Å²) < 4.78 is 5.48. The SMILES string of the molecule is Br.COc1ccccc1N1CCN(CCCCN2C(=O)c3ccccc3C2=O)CC1.Cl. The predicted octanol–water partition coefficient (Wildman–Crippen LogP) is 3.89. The van der Waals surface area contributed by atoms with Gasteiger partial charge in [0.05, 0.1) is 23.9 Å². The van der Waals surface area contributed by atoms with Crippen LogP contribution in [0.1, 0.15) is 33.6 Å². The molecule has 0 saturated carbocycles. The van der Waals surface area contributed by atoms with Gasteiger partial charge in [-0.2, -0.15) is 0 Å². The van der Waals surface area contributed by atoms with Crippen molar-refractivity contribution in [1.82, 2.24) is 9.80 Å². The van der Waals surface area contributed by atoms with Crippen LogP contribution in [0.5, 0.6) is 5.75 Å². The Hall–Kier alpha value is -2.09. The van der Waals surface area contributed by atoms with Crippen LogP contribution < -0.4 is 9.64 Å². The van der Waals surface area contributed by atoms with Crippen molar-refractivity contribution in [2.45, 2.75) is 12.8 Å². The Morgan fingerprint density at radius 3 is 1.97 bits per heavy atom. The van der Waals surface area contributed by atoms with E-state index in [-0.39, 0.29) is 41.2 Å². The molecule has 0 aliphatic carbocycles. The fourth-order valence-electron chi connectivity index (χ4n) is 4.15. The van der Waals surface area contributed by atoms with E-state index in [1.165, 1.54) is 4.90 Å². The number of benzene rings is 2. The van der Waals surface area contributed by atoms with Gasteiger partial charge in [-0.25, -0.2) is 0 Å². The summed E-state index contributed by atoms with van der Waals surface area (Å²) >= 11 is 0. The number of para-hydroxylation sites is 2. The number of methoxy groups -OCH3 is 1. The summed E-state index contributed by atoms with van der Waals surface area (Å²) in [6.45, 7) is 5.43. The van der Waals surface area contributed by atoms with Crippen molar-refractivity contribution < 1.29 is 14.3 Å². The molecule has 0 bridgehead atoms. The third kappa shape index (κ3) is 5.40. The van der Waals surface area contributed by atoms with Gasteiger partial charge in [-0.05, 0) is 43.7 Å². The minimum absolute atomic E-state index is 0. The summed E-state index contributed by atoms with van der Waals surface area (Å²) in [4.78, 5) is 31.0. The lowest BCUT2D eigenvalue weighted by atomic mass is 10.1. The average molecular weight is 511 g/mol. The van der Waals surface area contributed by atoms with Crippen molar-refractivity contribution in [3.8, 4) is 5.75 Å². The molecule has 2 aromatic rings. The number of nitrogens with zero attached hydrogens (tertiary/aromatic N) is 3. The van der Waals surface area contributed by atoms with Crippen LogP contribution in [-0.4, -0.2) is 68.0 Å². The number of ether oxygens (including phenoxy) is 1. The molecule has 168 valence electrons. The number of hydrogen-bond acceptors (Lipinski definition) is 5. The topological polar surface area (TPSA) is 53.1 Å². The average Bonchev–Trinajstić information content (AvgIpc) is 3.02. The monoisotopic (exact) mass is 509 g/mol. The zero-order valence-corrected chi connectivity index (χ0v) is 20.2. The fourth-order valence-corrected chi connectivity index (χ4v) is 4.15. The van der Waals surface area contributed by atoms with Crippen LogP contribution in [0, 0.1) is 0 Å². The minimum Gasteiger partial charge on any atom is -0.495 e. The molecule has 1 saturated heterocycles. The lowest BCUT2D eigenvalue weighted by molar-refractivity contribution is 0.0650. The molecule has 0 N–H and O–H groups in total. The van der Waals surface area contributed by atoms with E-state index in [1.54, 1.807) is 31.4 Å². The van der Waals surface area contributed by atoms with E-state index in [2.05, 4.69) is 15.9 Å². The Bertz CT molecular complexity index is 868. The zero-order chi connectivity index (χ0) is 20.2. The van der Waals surface area contributed by atoms with Gasteiger partial charge in [0.15, 0.2) is 0 Å². The number of rotatable bonds is 7. The number of amides is 2. The number of hydrogen-bond donors (Lipinski definition) is 0. The van der Waals surface area contributed by atoms with Gasteiger partial charge in [0.1, 0.15) is 5.75 Å². The highest BCUT2D eigenvalue weighted by Gasteiger charge is 2.34. The van der Waals surface area contributed by atoms with Crippen LogP contribution in [-0.2, 0) is 0 Å². The van der Waals surface area contributed by atoms with Crippen molar-refractivity contribution in [2.24, 2.45) is 0 Å². The Labute approximate surface area is 200 Å². The van der Waals surface area contributed by atoms with Gasteiger partial charge >= 0.3 is 0 Å². The van der Waals surface area contributed by atoms with Gasteiger partial charge in [0, 0.05) is 32.7 Å². The Morgan fingerprint density at radius 1 is 0.806 bits per heavy atom. The van der Waals surface area contributed by atoms with Crippen molar-refractivity contribution in [2.75, 3.05) is 51.3 Å². The second-order valence-corrected chi connectivity index (χ2v) is 7.52. The molecule has 0 spiro atoms. The summed E-state index contributed by atoms with van der Waals surface area (Å²) in [6, 6.07) is 15.2. The molecule has 4 rings (SSSR count). The maximum Gasteiger partial charge on any atom is 0.261 e. The van der Waals surface area contributed by atoms with E-state index < -0.39 is 0 Å². The molecule has 0 radical (unpaired) electrons. The summed E-state index contributed by atoms with van der Waals surface area (Å²) in [5.41, 5.74) is 2.22. The highest BCUT2D eigenvalue weighted by atomic mass is 79.9. The van der Waals surface area contributed by atoms with E-state index in [1.807, 2.05) is 18.2 Å². The van der Waals surface area contributed by atoms with E-state index in [9.17, 15) is 9.59 Å². The summed E-state index contributed by atoms with van der Waals surface area (Å²) in [6.07, 6.45) is 1.81. The maximum absolute atomic E-state index is 12.4. The van der Waals surface area contributed by atoms with E-state index >= 15 is 0 Å². The van der Waals surface area contributed by atoms with Gasteiger partial charge in [-0.15, -0.1) is 29.4 Å². The van der Waals surface area contributed by atoms with Crippen LogP contribution in [0.3, 0.4) is 0 Å². The van der Waals surface area contributed by atoms with Gasteiger partial charge < -0.3 is 9.64 Å². The first-order valence-electron chi connectivity index (χ1n) is 10.2.